The smallest absolute Gasteiger partial charge is 0.310 e. The first kappa shape index (κ1) is 18.2. The van der Waals surface area contributed by atoms with Crippen molar-refractivity contribution in [1.82, 2.24) is 4.72 Å². The molecule has 0 aromatic heterocycles. The van der Waals surface area contributed by atoms with Crippen molar-refractivity contribution >= 4 is 39.2 Å². The number of rotatable bonds is 6. The fourth-order valence-corrected chi connectivity index (χ4v) is 3.31. The molecule has 0 aliphatic carbocycles. The number of halogens is 3. The zero-order valence-corrected chi connectivity index (χ0v) is 13.6. The summed E-state index contributed by atoms with van der Waals surface area (Å²) in [5.41, 5.74) is -1.27. The molecule has 0 spiro atoms. The predicted molar refractivity (Wildman–Crippen MR) is 77.6 cm³/mol. The highest BCUT2D eigenvalue weighted by Gasteiger charge is 2.33. The van der Waals surface area contributed by atoms with Crippen molar-refractivity contribution in [1.29, 1.82) is 0 Å². The molecule has 2 N–H and O–H groups in total. The summed E-state index contributed by atoms with van der Waals surface area (Å²) in [6.07, 6.45) is 0.216. The van der Waals surface area contributed by atoms with Crippen molar-refractivity contribution in [2.45, 2.75) is 25.2 Å². The largest absolute Gasteiger partial charge is 0.481 e. The van der Waals surface area contributed by atoms with Gasteiger partial charge >= 0.3 is 5.97 Å². The lowest BCUT2D eigenvalue weighted by molar-refractivity contribution is -0.147. The molecule has 118 valence electrons. The summed E-state index contributed by atoms with van der Waals surface area (Å²) in [5, 5.41) is 8.16. The molecule has 0 amide bonds. The van der Waals surface area contributed by atoms with E-state index in [1.165, 1.54) is 6.92 Å². The Kier molecular flexibility index (Phi) is 5.60. The van der Waals surface area contributed by atoms with Gasteiger partial charge in [-0.2, -0.15) is 0 Å². The van der Waals surface area contributed by atoms with Crippen LogP contribution in [0.25, 0.3) is 0 Å². The maximum absolute atomic E-state index is 13.5. The van der Waals surface area contributed by atoms with E-state index in [1.807, 2.05) is 0 Å². The Morgan fingerprint density at radius 2 is 2.00 bits per heavy atom. The number of sulfonamides is 1. The van der Waals surface area contributed by atoms with Gasteiger partial charge in [0.1, 0.15) is 4.90 Å². The van der Waals surface area contributed by atoms with Crippen LogP contribution in [0.1, 0.15) is 20.3 Å². The van der Waals surface area contributed by atoms with E-state index in [4.69, 9.17) is 28.3 Å². The average molecular weight is 358 g/mol. The monoisotopic (exact) mass is 357 g/mol. The van der Waals surface area contributed by atoms with Crippen LogP contribution in [0.4, 0.5) is 4.39 Å². The quantitative estimate of drug-likeness (QED) is 0.766. The Bertz CT molecular complexity index is 665. The molecule has 0 saturated carbocycles. The standard InChI is InChI=1S/C12H14Cl2FNO4S/c1-3-12(2,11(17)18)6-16-21(19,20)8-5-4-7(13)10(15)9(8)14/h4-5,16H,3,6H2,1-2H3,(H,17,18). The van der Waals surface area contributed by atoms with Crippen molar-refractivity contribution in [3.05, 3.63) is 28.0 Å². The van der Waals surface area contributed by atoms with Crippen LogP contribution in [0.15, 0.2) is 17.0 Å². The lowest BCUT2D eigenvalue weighted by atomic mass is 9.88. The van der Waals surface area contributed by atoms with Crippen LogP contribution < -0.4 is 4.72 Å². The summed E-state index contributed by atoms with van der Waals surface area (Å²) in [6, 6.07) is 2.12. The topological polar surface area (TPSA) is 83.5 Å². The van der Waals surface area contributed by atoms with Crippen molar-refractivity contribution < 1.29 is 22.7 Å². The summed E-state index contributed by atoms with van der Waals surface area (Å²) in [6.45, 7) is 2.68. The van der Waals surface area contributed by atoms with E-state index in [-0.39, 0.29) is 18.0 Å². The zero-order chi connectivity index (χ0) is 16.4. The average Bonchev–Trinajstić information content (AvgIpc) is 2.41. The summed E-state index contributed by atoms with van der Waals surface area (Å²) < 4.78 is 39.9. The Morgan fingerprint density at radius 3 is 2.48 bits per heavy atom. The molecule has 0 saturated heterocycles. The van der Waals surface area contributed by atoms with Gasteiger partial charge in [0.2, 0.25) is 10.0 Å². The second-order valence-corrected chi connectivity index (χ2v) is 7.24. The number of carboxylic acids is 1. The molecule has 0 bridgehead atoms. The van der Waals surface area contributed by atoms with Gasteiger partial charge in [0, 0.05) is 6.54 Å². The highest BCUT2D eigenvalue weighted by molar-refractivity contribution is 7.89. The van der Waals surface area contributed by atoms with Gasteiger partial charge in [-0.25, -0.2) is 17.5 Å². The molecule has 1 unspecified atom stereocenters. The third-order valence-corrected chi connectivity index (χ3v) is 5.46. The number of aliphatic carboxylic acids is 1. The van der Waals surface area contributed by atoms with E-state index in [2.05, 4.69) is 4.72 Å². The number of carbonyl (C=O) groups is 1. The van der Waals surface area contributed by atoms with Gasteiger partial charge in [-0.15, -0.1) is 0 Å². The molecule has 1 aromatic carbocycles. The van der Waals surface area contributed by atoms with Crippen molar-refractivity contribution in [2.75, 3.05) is 6.54 Å². The zero-order valence-electron chi connectivity index (χ0n) is 11.3. The third kappa shape index (κ3) is 3.85. The Morgan fingerprint density at radius 1 is 1.43 bits per heavy atom. The molecule has 0 aliphatic rings. The SMILES string of the molecule is CCC(C)(CNS(=O)(=O)c1ccc(Cl)c(F)c1Cl)C(=O)O. The van der Waals surface area contributed by atoms with Crippen molar-refractivity contribution in [3.63, 3.8) is 0 Å². The van der Waals surface area contributed by atoms with Gasteiger partial charge in [0.15, 0.2) is 5.82 Å². The predicted octanol–water partition coefficient (Wildman–Crippen LogP) is 2.91. The second-order valence-electron chi connectivity index (χ2n) is 4.72. The maximum Gasteiger partial charge on any atom is 0.310 e. The molecular formula is C12H14Cl2FNO4S. The van der Waals surface area contributed by atoms with Gasteiger partial charge in [-0.3, -0.25) is 4.79 Å². The number of hydrogen-bond donors (Lipinski definition) is 2. The highest BCUT2D eigenvalue weighted by atomic mass is 35.5. The first-order chi connectivity index (χ1) is 9.55. The number of benzene rings is 1. The fourth-order valence-electron chi connectivity index (χ4n) is 1.40. The first-order valence-corrected chi connectivity index (χ1v) is 8.15. The lowest BCUT2D eigenvalue weighted by Gasteiger charge is -2.23. The van der Waals surface area contributed by atoms with Crippen LogP contribution in [0.3, 0.4) is 0 Å². The lowest BCUT2D eigenvalue weighted by Crippen LogP contribution is -2.40. The number of carboxylic acid groups (broad SMARTS) is 1. The van der Waals surface area contributed by atoms with E-state index < -0.39 is 37.1 Å². The third-order valence-electron chi connectivity index (χ3n) is 3.24. The minimum absolute atomic E-state index is 0.216. The normalized spacial score (nSPS) is 14.7. The van der Waals surface area contributed by atoms with E-state index in [0.29, 0.717) is 0 Å². The fraction of sp³-hybridized carbons (Fsp3) is 0.417. The summed E-state index contributed by atoms with van der Waals surface area (Å²) >= 11 is 11.1. The van der Waals surface area contributed by atoms with Gasteiger partial charge in [0.05, 0.1) is 15.5 Å². The maximum atomic E-state index is 13.5. The molecular weight excluding hydrogens is 344 g/mol. The van der Waals surface area contributed by atoms with Gasteiger partial charge < -0.3 is 5.11 Å². The molecule has 1 rings (SSSR count). The van der Waals surface area contributed by atoms with Crippen LogP contribution in [0.2, 0.25) is 10.0 Å². The van der Waals surface area contributed by atoms with Crippen LogP contribution in [0, 0.1) is 11.2 Å². The minimum Gasteiger partial charge on any atom is -0.481 e. The molecule has 0 radical (unpaired) electrons. The molecule has 9 heteroatoms. The summed E-state index contributed by atoms with van der Waals surface area (Å²) in [7, 11) is -4.15. The van der Waals surface area contributed by atoms with Gasteiger partial charge in [-0.1, -0.05) is 30.1 Å². The van der Waals surface area contributed by atoms with E-state index >= 15 is 0 Å². The molecule has 1 atom stereocenters. The minimum atomic E-state index is -4.15. The van der Waals surface area contributed by atoms with E-state index in [1.54, 1.807) is 6.92 Å². The number of nitrogens with one attached hydrogen (secondary N) is 1. The van der Waals surface area contributed by atoms with Crippen molar-refractivity contribution in [2.24, 2.45) is 5.41 Å². The molecule has 0 heterocycles. The van der Waals surface area contributed by atoms with Gasteiger partial charge in [0.25, 0.3) is 0 Å². The van der Waals surface area contributed by atoms with Gasteiger partial charge in [-0.05, 0) is 25.5 Å². The highest BCUT2D eigenvalue weighted by Crippen LogP contribution is 2.30. The summed E-state index contributed by atoms with van der Waals surface area (Å²) in [4.78, 5) is 10.6. The first-order valence-electron chi connectivity index (χ1n) is 5.91. The molecule has 5 nitrogen and oxygen atoms in total. The molecule has 21 heavy (non-hydrogen) atoms. The molecule has 1 aromatic rings. The Hall–Kier alpha value is -0.890. The Balaban J connectivity index is 3.09. The number of hydrogen-bond acceptors (Lipinski definition) is 3. The van der Waals surface area contributed by atoms with Crippen LogP contribution in [-0.2, 0) is 14.8 Å². The van der Waals surface area contributed by atoms with E-state index in [0.717, 1.165) is 12.1 Å². The molecule has 0 fully saturated rings. The molecule has 0 aliphatic heterocycles. The van der Waals surface area contributed by atoms with Crippen molar-refractivity contribution in [3.8, 4) is 0 Å². The van der Waals surface area contributed by atoms with Crippen LogP contribution in [0.5, 0.6) is 0 Å². The Labute approximate surface area is 132 Å². The van der Waals surface area contributed by atoms with E-state index in [9.17, 15) is 17.6 Å². The summed E-state index contributed by atoms with van der Waals surface area (Å²) in [5.74, 6) is -2.18. The van der Waals surface area contributed by atoms with Crippen LogP contribution >= 0.6 is 23.2 Å². The van der Waals surface area contributed by atoms with Crippen LogP contribution in [-0.4, -0.2) is 26.0 Å². The second kappa shape index (κ2) is 6.48.